The SMILES string of the molecule is O=C(CNc1ccc2c(c1)OCO2)N/N=C\c1cn(Cc2ccc(F)cc2)c2ccccc12. The van der Waals surface area contributed by atoms with Crippen molar-refractivity contribution in [1.82, 2.24) is 9.99 Å². The van der Waals surface area contributed by atoms with E-state index >= 15 is 0 Å². The highest BCUT2D eigenvalue weighted by Crippen LogP contribution is 2.34. The number of halogens is 1. The molecule has 1 aromatic heterocycles. The molecule has 0 unspecified atom stereocenters. The third kappa shape index (κ3) is 4.64. The third-order valence-corrected chi connectivity index (χ3v) is 5.30. The smallest absolute Gasteiger partial charge is 0.259 e. The molecule has 33 heavy (non-hydrogen) atoms. The van der Waals surface area contributed by atoms with Crippen LogP contribution in [0.5, 0.6) is 11.5 Å². The van der Waals surface area contributed by atoms with Gasteiger partial charge in [-0.3, -0.25) is 4.79 Å². The van der Waals surface area contributed by atoms with Gasteiger partial charge in [-0.2, -0.15) is 5.10 Å². The van der Waals surface area contributed by atoms with E-state index in [0.29, 0.717) is 18.0 Å². The predicted octanol–water partition coefficient (Wildman–Crippen LogP) is 4.12. The first kappa shape index (κ1) is 20.6. The maximum atomic E-state index is 13.2. The summed E-state index contributed by atoms with van der Waals surface area (Å²) >= 11 is 0. The first-order valence-electron chi connectivity index (χ1n) is 10.4. The van der Waals surface area contributed by atoms with Gasteiger partial charge in [-0.05, 0) is 35.9 Å². The molecule has 2 N–H and O–H groups in total. The van der Waals surface area contributed by atoms with E-state index in [2.05, 4.69) is 20.4 Å². The molecule has 0 atom stereocenters. The van der Waals surface area contributed by atoms with E-state index in [1.165, 1.54) is 12.1 Å². The standard InChI is InChI=1S/C25H21FN4O3/c26-19-7-5-17(6-8-19)14-30-15-18(21-3-1-2-4-22(21)30)12-28-29-25(31)13-27-20-9-10-23-24(11-20)33-16-32-23/h1-12,15,27H,13-14,16H2,(H,29,31)/b28-12-. The van der Waals surface area contributed by atoms with Crippen LogP contribution in [0.3, 0.4) is 0 Å². The first-order chi connectivity index (χ1) is 16.2. The summed E-state index contributed by atoms with van der Waals surface area (Å²) in [6.07, 6.45) is 3.59. The third-order valence-electron chi connectivity index (χ3n) is 5.30. The van der Waals surface area contributed by atoms with Crippen molar-refractivity contribution in [3.8, 4) is 11.5 Å². The molecule has 0 saturated heterocycles. The van der Waals surface area contributed by atoms with Crippen molar-refractivity contribution in [2.75, 3.05) is 18.7 Å². The predicted molar refractivity (Wildman–Crippen MR) is 124 cm³/mol. The van der Waals surface area contributed by atoms with Crippen LogP contribution in [0.2, 0.25) is 0 Å². The van der Waals surface area contributed by atoms with Gasteiger partial charge in [0.25, 0.3) is 5.91 Å². The number of hydrogen-bond acceptors (Lipinski definition) is 5. The maximum absolute atomic E-state index is 13.2. The lowest BCUT2D eigenvalue weighted by Gasteiger charge is -2.06. The fraction of sp³-hybridized carbons (Fsp3) is 0.120. The van der Waals surface area contributed by atoms with Crippen molar-refractivity contribution in [2.45, 2.75) is 6.54 Å². The maximum Gasteiger partial charge on any atom is 0.259 e. The van der Waals surface area contributed by atoms with Crippen molar-refractivity contribution in [3.63, 3.8) is 0 Å². The largest absolute Gasteiger partial charge is 0.454 e. The second kappa shape index (κ2) is 9.04. The molecular formula is C25H21FN4O3. The highest BCUT2D eigenvalue weighted by atomic mass is 19.1. The molecule has 0 spiro atoms. The Morgan fingerprint density at radius 2 is 1.88 bits per heavy atom. The molecule has 0 aliphatic carbocycles. The van der Waals surface area contributed by atoms with Gasteiger partial charge in [-0.1, -0.05) is 30.3 Å². The number of amides is 1. The minimum absolute atomic E-state index is 0.0588. The number of rotatable bonds is 7. The molecule has 0 radical (unpaired) electrons. The van der Waals surface area contributed by atoms with Crippen molar-refractivity contribution < 1.29 is 18.7 Å². The summed E-state index contributed by atoms with van der Waals surface area (Å²) in [5.41, 5.74) is 6.19. The Morgan fingerprint density at radius 3 is 2.76 bits per heavy atom. The van der Waals surface area contributed by atoms with Gasteiger partial charge in [-0.15, -0.1) is 0 Å². The molecule has 1 aliphatic rings. The lowest BCUT2D eigenvalue weighted by Crippen LogP contribution is -2.25. The zero-order valence-corrected chi connectivity index (χ0v) is 17.6. The minimum Gasteiger partial charge on any atom is -0.454 e. The van der Waals surface area contributed by atoms with E-state index in [1.54, 1.807) is 30.5 Å². The fourth-order valence-electron chi connectivity index (χ4n) is 3.70. The topological polar surface area (TPSA) is 76.9 Å². The average Bonchev–Trinajstić information content (AvgIpc) is 3.44. The summed E-state index contributed by atoms with van der Waals surface area (Å²) < 4.78 is 25.9. The number of nitrogens with zero attached hydrogens (tertiary/aromatic N) is 2. The molecule has 1 aliphatic heterocycles. The highest BCUT2D eigenvalue weighted by molar-refractivity contribution is 5.99. The monoisotopic (exact) mass is 444 g/mol. The van der Waals surface area contributed by atoms with Crippen LogP contribution in [-0.2, 0) is 11.3 Å². The van der Waals surface area contributed by atoms with Crippen molar-refractivity contribution in [1.29, 1.82) is 0 Å². The van der Waals surface area contributed by atoms with Gasteiger partial charge in [0.05, 0.1) is 12.8 Å². The zero-order chi connectivity index (χ0) is 22.6. The van der Waals surface area contributed by atoms with Gasteiger partial charge < -0.3 is 19.4 Å². The van der Waals surface area contributed by atoms with Crippen molar-refractivity contribution in [2.24, 2.45) is 5.10 Å². The van der Waals surface area contributed by atoms with E-state index in [0.717, 1.165) is 27.7 Å². The fourth-order valence-corrected chi connectivity index (χ4v) is 3.70. The molecule has 0 bridgehead atoms. The van der Waals surface area contributed by atoms with Crippen LogP contribution < -0.4 is 20.2 Å². The number of fused-ring (bicyclic) bond motifs is 2. The molecule has 1 amide bonds. The average molecular weight is 444 g/mol. The molecule has 2 heterocycles. The number of nitrogens with one attached hydrogen (secondary N) is 2. The number of hydrogen-bond donors (Lipinski definition) is 2. The minimum atomic E-state index is -0.279. The quantitative estimate of drug-likeness (QED) is 0.332. The van der Waals surface area contributed by atoms with Gasteiger partial charge in [0.1, 0.15) is 5.82 Å². The number of ether oxygens (including phenoxy) is 2. The van der Waals surface area contributed by atoms with Crippen LogP contribution in [0.15, 0.2) is 78.0 Å². The van der Waals surface area contributed by atoms with E-state index in [1.807, 2.05) is 36.5 Å². The molecule has 0 fully saturated rings. The number of anilines is 1. The number of carbonyl (C=O) groups is 1. The molecule has 5 rings (SSSR count). The Morgan fingerprint density at radius 1 is 1.06 bits per heavy atom. The number of carbonyl (C=O) groups excluding carboxylic acids is 1. The van der Waals surface area contributed by atoms with Gasteiger partial charge in [0, 0.05) is 41.0 Å². The molecule has 3 aromatic carbocycles. The van der Waals surface area contributed by atoms with Crippen molar-refractivity contribution >= 4 is 28.7 Å². The first-order valence-corrected chi connectivity index (χ1v) is 10.4. The van der Waals surface area contributed by atoms with Gasteiger partial charge in [-0.25, -0.2) is 9.82 Å². The number of para-hydroxylation sites is 1. The Kier molecular flexibility index (Phi) is 5.63. The summed E-state index contributed by atoms with van der Waals surface area (Å²) in [4.78, 5) is 12.2. The van der Waals surface area contributed by atoms with E-state index in [9.17, 15) is 9.18 Å². The van der Waals surface area contributed by atoms with Crippen molar-refractivity contribution in [3.05, 3.63) is 89.9 Å². The normalized spacial score (nSPS) is 12.4. The summed E-state index contributed by atoms with van der Waals surface area (Å²) in [6, 6.07) is 19.8. The van der Waals surface area contributed by atoms with Crippen LogP contribution >= 0.6 is 0 Å². The number of aromatic nitrogens is 1. The Balaban J connectivity index is 1.23. The number of benzene rings is 3. The van der Waals surface area contributed by atoms with Gasteiger partial charge >= 0.3 is 0 Å². The van der Waals surface area contributed by atoms with Gasteiger partial charge in [0.15, 0.2) is 11.5 Å². The molecule has 166 valence electrons. The Hall–Kier alpha value is -4.33. The van der Waals surface area contributed by atoms with Crippen LogP contribution in [0.1, 0.15) is 11.1 Å². The second-order valence-electron chi connectivity index (χ2n) is 7.57. The Labute approximate surface area is 189 Å². The lowest BCUT2D eigenvalue weighted by molar-refractivity contribution is -0.119. The van der Waals surface area contributed by atoms with Crippen LogP contribution in [0.4, 0.5) is 10.1 Å². The highest BCUT2D eigenvalue weighted by Gasteiger charge is 2.13. The van der Waals surface area contributed by atoms with E-state index in [4.69, 9.17) is 9.47 Å². The summed E-state index contributed by atoms with van der Waals surface area (Å²) in [7, 11) is 0. The van der Waals surface area contributed by atoms with E-state index in [-0.39, 0.29) is 25.1 Å². The van der Waals surface area contributed by atoms with Crippen LogP contribution in [0.25, 0.3) is 10.9 Å². The van der Waals surface area contributed by atoms with Crippen LogP contribution in [-0.4, -0.2) is 30.0 Å². The molecule has 4 aromatic rings. The Bertz CT molecular complexity index is 1330. The molecule has 0 saturated carbocycles. The second-order valence-corrected chi connectivity index (χ2v) is 7.57. The summed E-state index contributed by atoms with van der Waals surface area (Å²) in [5.74, 6) is 0.801. The number of hydrazone groups is 1. The summed E-state index contributed by atoms with van der Waals surface area (Å²) in [5, 5.41) is 8.17. The molecular weight excluding hydrogens is 423 g/mol. The van der Waals surface area contributed by atoms with Crippen LogP contribution in [0, 0.1) is 5.82 Å². The molecule has 7 nitrogen and oxygen atoms in total. The molecule has 8 heteroatoms. The summed E-state index contributed by atoms with van der Waals surface area (Å²) in [6.45, 7) is 0.859. The zero-order valence-electron chi connectivity index (χ0n) is 17.6. The van der Waals surface area contributed by atoms with E-state index < -0.39 is 0 Å². The lowest BCUT2D eigenvalue weighted by atomic mass is 10.2. The van der Waals surface area contributed by atoms with Gasteiger partial charge in [0.2, 0.25) is 6.79 Å².